The third-order valence-corrected chi connectivity index (χ3v) is 11.9. The molecule has 1 aliphatic heterocycles. The molecule has 0 unspecified atom stereocenters. The molecule has 54 heavy (non-hydrogen) atoms. The fourth-order valence-corrected chi connectivity index (χ4v) is 8.98. The summed E-state index contributed by atoms with van der Waals surface area (Å²) in [5.74, 6) is -0.771. The molecule has 0 amide bonds. The van der Waals surface area contributed by atoms with Crippen LogP contribution in [0.5, 0.6) is 17.2 Å². The van der Waals surface area contributed by atoms with Crippen LogP contribution in [0, 0.1) is 16.7 Å². The van der Waals surface area contributed by atoms with Gasteiger partial charge in [0, 0.05) is 85.6 Å². The molecule has 8 rings (SSSR count). The van der Waals surface area contributed by atoms with Gasteiger partial charge in [-0.05, 0) is 67.0 Å². The average molecular weight is 776 g/mol. The molecule has 0 radical (unpaired) electrons. The maximum atomic E-state index is 13.4. The number of aliphatic hydroxyl groups excluding tert-OH is 1. The van der Waals surface area contributed by atoms with Crippen molar-refractivity contribution in [2.24, 2.45) is 5.41 Å². The van der Waals surface area contributed by atoms with Gasteiger partial charge in [0.15, 0.2) is 0 Å². The first-order valence-corrected chi connectivity index (χ1v) is 19.4. The smallest absolute Gasteiger partial charge is 0.249 e. The van der Waals surface area contributed by atoms with Crippen LogP contribution in [-0.4, -0.2) is 59.3 Å². The molecule has 3 fully saturated rings. The van der Waals surface area contributed by atoms with Gasteiger partial charge >= 0.3 is 0 Å². The summed E-state index contributed by atoms with van der Waals surface area (Å²) in [6, 6.07) is 19.6. The quantitative estimate of drug-likeness (QED) is 0.123. The molecule has 1 saturated heterocycles. The van der Waals surface area contributed by atoms with Crippen LogP contribution in [-0.2, 0) is 19.6 Å². The fourth-order valence-electron chi connectivity index (χ4n) is 8.46. The Hall–Kier alpha value is -3.98. The molecule has 1 spiro atoms. The van der Waals surface area contributed by atoms with E-state index in [1.165, 1.54) is 6.20 Å². The highest BCUT2D eigenvalue weighted by Gasteiger charge is 2.61. The molecule has 3 aromatic carbocycles. The minimum absolute atomic E-state index is 0.0196. The zero-order valence-electron chi connectivity index (χ0n) is 29.8. The normalized spacial score (nSPS) is 22.0. The number of halogens is 4. The van der Waals surface area contributed by atoms with E-state index in [1.54, 1.807) is 12.3 Å². The second kappa shape index (κ2) is 15.3. The van der Waals surface area contributed by atoms with Crippen LogP contribution in [0.25, 0.3) is 11.1 Å². The number of fused-ring (bicyclic) bond motifs is 1. The molecule has 3 aliphatic carbocycles. The van der Waals surface area contributed by atoms with Crippen LogP contribution in [0.15, 0.2) is 67.0 Å². The van der Waals surface area contributed by atoms with Crippen LogP contribution < -0.4 is 19.5 Å². The van der Waals surface area contributed by atoms with E-state index >= 15 is 0 Å². The van der Waals surface area contributed by atoms with Crippen LogP contribution in [0.1, 0.15) is 72.4 Å². The van der Waals surface area contributed by atoms with Crippen molar-refractivity contribution in [3.63, 3.8) is 0 Å². The lowest BCUT2D eigenvalue weighted by Gasteiger charge is -2.58. The maximum absolute atomic E-state index is 13.4. The molecular weight excluding hydrogens is 733 g/mol. The highest BCUT2D eigenvalue weighted by molar-refractivity contribution is 6.35. The molecule has 2 saturated carbocycles. The average Bonchev–Trinajstić information content (AvgIpc) is 3.55. The van der Waals surface area contributed by atoms with Gasteiger partial charge in [-0.3, -0.25) is 4.98 Å². The number of nitrogens with zero attached hydrogens (tertiary/aromatic N) is 3. The number of hydrogen-bond acceptors (Lipinski definition) is 8. The summed E-state index contributed by atoms with van der Waals surface area (Å²) in [4.78, 5) is 6.38. The molecular formula is C42H42Cl2F2N4O4. The van der Waals surface area contributed by atoms with E-state index in [0.717, 1.165) is 85.1 Å². The minimum atomic E-state index is -2.48. The molecule has 1 aromatic heterocycles. The molecule has 4 aromatic rings. The highest BCUT2D eigenvalue weighted by Crippen LogP contribution is 2.56. The number of alkyl halides is 2. The van der Waals surface area contributed by atoms with Gasteiger partial charge in [-0.25, -0.2) is 8.78 Å². The predicted octanol–water partition coefficient (Wildman–Crippen LogP) is 8.69. The Labute approximate surface area is 324 Å². The summed E-state index contributed by atoms with van der Waals surface area (Å²) in [6.45, 7) is 3.44. The molecule has 2 N–H and O–H groups in total. The third-order valence-electron chi connectivity index (χ3n) is 11.2. The lowest BCUT2D eigenvalue weighted by Crippen LogP contribution is -2.65. The van der Waals surface area contributed by atoms with E-state index < -0.39 is 5.92 Å². The van der Waals surface area contributed by atoms with Gasteiger partial charge in [-0.15, -0.1) is 0 Å². The van der Waals surface area contributed by atoms with Crippen molar-refractivity contribution in [3.05, 3.63) is 105 Å². The number of rotatable bonds is 14. The highest BCUT2D eigenvalue weighted by atomic mass is 35.5. The molecule has 8 nitrogen and oxygen atoms in total. The molecule has 12 heteroatoms. The van der Waals surface area contributed by atoms with E-state index in [0.29, 0.717) is 46.0 Å². The fraction of sp³-hybridized carbons (Fsp3) is 0.429. The van der Waals surface area contributed by atoms with Crippen LogP contribution in [0.3, 0.4) is 0 Å². The first-order chi connectivity index (χ1) is 26.1. The Balaban J connectivity index is 0.946. The van der Waals surface area contributed by atoms with E-state index in [9.17, 15) is 19.1 Å². The van der Waals surface area contributed by atoms with Crippen molar-refractivity contribution in [2.75, 3.05) is 26.2 Å². The second-order valence-corrected chi connectivity index (χ2v) is 16.0. The third kappa shape index (κ3) is 7.75. The van der Waals surface area contributed by atoms with Crippen molar-refractivity contribution < 1.29 is 28.1 Å². The first-order valence-electron chi connectivity index (χ1n) is 18.6. The largest absolute Gasteiger partial charge is 0.492 e. The number of ether oxygens (including phenoxy) is 3. The maximum Gasteiger partial charge on any atom is 0.249 e. The van der Waals surface area contributed by atoms with Crippen molar-refractivity contribution in [2.45, 2.75) is 82.3 Å². The molecule has 3 atom stereocenters. The van der Waals surface area contributed by atoms with Crippen molar-refractivity contribution >= 4 is 23.2 Å². The Morgan fingerprint density at radius 1 is 0.963 bits per heavy atom. The van der Waals surface area contributed by atoms with Crippen molar-refractivity contribution in [3.8, 4) is 34.4 Å². The topological polar surface area (TPSA) is 99.9 Å². The first kappa shape index (κ1) is 37.0. The number of likely N-dealkylation sites (tertiary alicyclic amines) is 1. The standard InChI is InChI=1S/C42H42Cl2F2N4O4/c43-33-15-28(20-49-34-9-10-35(34)51)38(53-21-27-14-26(17-47)18-48-19-27)16-39(33)54-36-11-8-30-29(4-1-5-31(30)36)32-6-2-7-37(40(32)44)52-13-3-12-50-24-41(25-50)22-42(45,46)23-41/h1-2,4-7,14-16,18-19,34-36,49,51H,3,8-13,20-25H2/t34-,35-,36-/m0/s1. The Kier molecular flexibility index (Phi) is 10.5. The van der Waals surface area contributed by atoms with Gasteiger partial charge in [0.25, 0.3) is 0 Å². The van der Waals surface area contributed by atoms with E-state index in [2.05, 4.69) is 33.4 Å². The van der Waals surface area contributed by atoms with Gasteiger partial charge in [0.2, 0.25) is 5.92 Å². The Morgan fingerprint density at radius 2 is 1.78 bits per heavy atom. The number of hydrogen-bond donors (Lipinski definition) is 2. The number of aliphatic hydroxyl groups is 1. The Bertz CT molecular complexity index is 2060. The summed E-state index contributed by atoms with van der Waals surface area (Å²) in [5.41, 5.74) is 6.02. The minimum Gasteiger partial charge on any atom is -0.492 e. The number of nitriles is 1. The molecule has 282 valence electrons. The number of nitrogens with one attached hydrogen (secondary N) is 1. The van der Waals surface area contributed by atoms with Crippen LogP contribution in [0.2, 0.25) is 10.0 Å². The summed E-state index contributed by atoms with van der Waals surface area (Å²) in [5, 5.41) is 23.8. The molecule has 0 bridgehead atoms. The lowest BCUT2D eigenvalue weighted by atomic mass is 9.61. The zero-order valence-corrected chi connectivity index (χ0v) is 31.3. The summed E-state index contributed by atoms with van der Waals surface area (Å²) >= 11 is 13.9. The number of aromatic nitrogens is 1. The second-order valence-electron chi connectivity index (χ2n) is 15.3. The SMILES string of the molecule is N#Cc1cncc(COc2cc(O[C@H]3CCc4c(-c5cccc(OCCCN6CC7(C6)CC(F)(F)C7)c5Cl)cccc43)c(Cl)cc2CN[C@H]2CC[C@@H]2O)c1. The zero-order chi connectivity index (χ0) is 37.5. The van der Waals surface area contributed by atoms with E-state index in [4.69, 9.17) is 37.4 Å². The summed E-state index contributed by atoms with van der Waals surface area (Å²) in [7, 11) is 0. The van der Waals surface area contributed by atoms with Crippen molar-refractivity contribution in [1.82, 2.24) is 15.2 Å². The molecule has 4 aliphatic rings. The summed E-state index contributed by atoms with van der Waals surface area (Å²) < 4.78 is 45.8. The van der Waals surface area contributed by atoms with E-state index in [1.807, 2.05) is 36.4 Å². The van der Waals surface area contributed by atoms with Gasteiger partial charge in [-0.1, -0.05) is 53.5 Å². The van der Waals surface area contributed by atoms with Gasteiger partial charge in [0.1, 0.15) is 36.0 Å². The monoisotopic (exact) mass is 774 g/mol. The van der Waals surface area contributed by atoms with Crippen LogP contribution >= 0.6 is 23.2 Å². The van der Waals surface area contributed by atoms with E-state index in [-0.39, 0.29) is 43.1 Å². The van der Waals surface area contributed by atoms with Crippen molar-refractivity contribution in [1.29, 1.82) is 5.26 Å². The number of pyridine rings is 1. The number of benzene rings is 3. The van der Waals surface area contributed by atoms with Crippen LogP contribution in [0.4, 0.5) is 8.78 Å². The van der Waals surface area contributed by atoms with Gasteiger partial charge in [0.05, 0.1) is 28.3 Å². The predicted molar refractivity (Wildman–Crippen MR) is 202 cm³/mol. The summed E-state index contributed by atoms with van der Waals surface area (Å²) in [6.07, 6.45) is 6.61. The Morgan fingerprint density at radius 3 is 2.54 bits per heavy atom. The lowest BCUT2D eigenvalue weighted by molar-refractivity contribution is -0.213. The molecule has 2 heterocycles. The van der Waals surface area contributed by atoms with Gasteiger partial charge < -0.3 is 29.5 Å². The van der Waals surface area contributed by atoms with Gasteiger partial charge in [-0.2, -0.15) is 5.26 Å².